The van der Waals surface area contributed by atoms with Gasteiger partial charge in [-0.25, -0.2) is 19.0 Å². The van der Waals surface area contributed by atoms with Gasteiger partial charge in [0.2, 0.25) is 10.3 Å². The molecule has 8 rings (SSSR count). The fourth-order valence-electron chi connectivity index (χ4n) is 3.15. The summed E-state index contributed by atoms with van der Waals surface area (Å²) in [6.07, 6.45) is 20.4. The van der Waals surface area contributed by atoms with Crippen molar-refractivity contribution < 1.29 is 0 Å². The third-order valence-electron chi connectivity index (χ3n) is 5.86. The number of aryl methyl sites for hydroxylation is 7. The van der Waals surface area contributed by atoms with Crippen LogP contribution in [0.1, 0.15) is 11.4 Å². The highest BCUT2D eigenvalue weighted by Crippen LogP contribution is 2.23. The summed E-state index contributed by atoms with van der Waals surface area (Å²) >= 11 is 4.67. The Balaban J connectivity index is 0.000000234. The first-order chi connectivity index (χ1) is 27.5. The molecule has 0 spiro atoms. The molecule has 7 heterocycles. The minimum absolute atomic E-state index is 0.407. The second kappa shape index (κ2) is 26.9. The predicted molar refractivity (Wildman–Crippen MR) is 209 cm³/mol. The zero-order valence-corrected chi connectivity index (χ0v) is 34.9. The minimum atomic E-state index is 0.407. The number of terminal acetylenes is 1. The summed E-state index contributed by atoms with van der Waals surface area (Å²) in [6.45, 7) is 0. The average molecular weight is 833 g/mol. The number of aromatic nitrogens is 23. The Kier molecular flexibility index (Phi) is 21.8. The Bertz CT molecular complexity index is 2140. The third kappa shape index (κ3) is 18.4. The van der Waals surface area contributed by atoms with Gasteiger partial charge in [0.1, 0.15) is 37.1 Å². The predicted octanol–water partition coefficient (Wildman–Crippen LogP) is 0.944. The van der Waals surface area contributed by atoms with E-state index in [1.165, 1.54) is 29.1 Å². The molecule has 1 aromatic carbocycles. The molecule has 0 saturated carbocycles. The van der Waals surface area contributed by atoms with Crippen LogP contribution in [0.15, 0.2) is 94.7 Å². The van der Waals surface area contributed by atoms with Crippen molar-refractivity contribution in [3.05, 3.63) is 85.7 Å². The quantitative estimate of drug-likeness (QED) is 0.176. The first-order valence-electron chi connectivity index (χ1n) is 15.8. The number of thioether (sulfide) groups is 2. The van der Waals surface area contributed by atoms with Crippen molar-refractivity contribution in [2.75, 3.05) is 12.5 Å². The third-order valence-corrected chi connectivity index (χ3v) is 8.34. The number of hydrogen-bond acceptors (Lipinski definition) is 20. The molecular weight excluding hydrogens is 793 g/mol. The maximum absolute atomic E-state index is 8.51. The lowest BCUT2D eigenvalue weighted by atomic mass is 10.3. The van der Waals surface area contributed by atoms with E-state index < -0.39 is 0 Å². The zero-order chi connectivity index (χ0) is 41.8. The molecule has 0 aliphatic rings. The maximum atomic E-state index is 8.51. The van der Waals surface area contributed by atoms with Crippen LogP contribution in [0.3, 0.4) is 0 Å². The van der Waals surface area contributed by atoms with Gasteiger partial charge in [-0.05, 0) is 73.6 Å². The lowest BCUT2D eigenvalue weighted by molar-refractivity contribution is 0.664. The maximum Gasteiger partial charge on any atom is 0.213 e. The first kappa shape index (κ1) is 46.3. The van der Waals surface area contributed by atoms with Gasteiger partial charge in [0.25, 0.3) is 0 Å². The molecule has 0 aliphatic heterocycles. The van der Waals surface area contributed by atoms with E-state index in [1.54, 1.807) is 92.2 Å². The molecule has 24 nitrogen and oxygen atoms in total. The zero-order valence-electron chi connectivity index (χ0n) is 32.5. The molecule has 27 heteroatoms. The van der Waals surface area contributed by atoms with E-state index >= 15 is 0 Å². The molecule has 298 valence electrons. The molecule has 0 amide bonds. The highest BCUT2D eigenvalue weighted by Gasteiger charge is 2.04. The topological polar surface area (TPSA) is 265 Å². The van der Waals surface area contributed by atoms with Crippen LogP contribution in [0.25, 0.3) is 0 Å². The first-order valence-corrected chi connectivity index (χ1v) is 19.0. The van der Waals surface area contributed by atoms with Gasteiger partial charge in [0.05, 0.1) is 12.5 Å². The number of hydrogen-bond donors (Lipinski definition) is 0. The average Bonchev–Trinajstić information content (AvgIpc) is 4.08. The van der Waals surface area contributed by atoms with E-state index in [-0.39, 0.29) is 0 Å². The fourth-order valence-corrected chi connectivity index (χ4v) is 4.78. The van der Waals surface area contributed by atoms with Crippen molar-refractivity contribution in [3.63, 3.8) is 0 Å². The molecule has 0 bridgehead atoms. The van der Waals surface area contributed by atoms with Crippen molar-refractivity contribution in [2.45, 2.75) is 20.4 Å². The van der Waals surface area contributed by atoms with Gasteiger partial charge in [-0.1, -0.05) is 46.9 Å². The molecule has 0 fully saturated rings. The standard InChI is InChI=1S/C8H8N4S.C7H5N3.C4H7N3S.C3H6N4S.2C3H5N3.C2H4N4/c1-12-8(9-10-11-12)13-7-5-3-2-4-6-7;1-3-6-7(4-8)10(2)5-9-6;1-7-3-5-6-4(7)8-2;1-7-3(8-2)4-5-6-7;1-6-2-4-5-3-6;1-6-3-2-4-5-6;1-6-2-3-4-5-6/h2-6H,1H3;1,5H,2H3;3H,1-2H3;1-2H3;2*2-3H,1H3;2H,1H3. The van der Waals surface area contributed by atoms with Crippen LogP contribution in [-0.4, -0.2) is 127 Å². The summed E-state index contributed by atoms with van der Waals surface area (Å²) in [5, 5.41) is 64.9. The number of tetrazole rings is 3. The SMILES string of the molecule is C#Cc1ncn(C)c1C#N.CSc1nncn1C.CSc1nnnn1C.Cn1ccnn1.Cn1cnnc1.Cn1cnnn1.Cn1nnnc1Sc1ccccc1. The van der Waals surface area contributed by atoms with E-state index in [1.807, 2.05) is 88.7 Å². The fraction of sp³-hybridized carbons (Fsp3) is 0.300. The number of nitrogens with zero attached hydrogens (tertiary/aromatic N) is 24. The van der Waals surface area contributed by atoms with Crippen LogP contribution in [-0.2, 0) is 49.3 Å². The van der Waals surface area contributed by atoms with Gasteiger partial charge in [0.15, 0.2) is 10.9 Å². The second-order valence-electron chi connectivity index (χ2n) is 10.2. The smallest absolute Gasteiger partial charge is 0.213 e. The Morgan fingerprint density at radius 1 is 0.614 bits per heavy atom. The second-order valence-corrected chi connectivity index (χ2v) is 12.8. The monoisotopic (exact) mass is 832 g/mol. The van der Waals surface area contributed by atoms with E-state index in [0.29, 0.717) is 11.4 Å². The lowest BCUT2D eigenvalue weighted by Gasteiger charge is -1.97. The highest BCUT2D eigenvalue weighted by atomic mass is 32.2. The molecule has 0 radical (unpaired) electrons. The van der Waals surface area contributed by atoms with Crippen molar-refractivity contribution in [1.29, 1.82) is 5.26 Å². The molecule has 0 aliphatic carbocycles. The van der Waals surface area contributed by atoms with Crippen LogP contribution in [0.4, 0.5) is 0 Å². The van der Waals surface area contributed by atoms with E-state index in [2.05, 4.69) is 88.2 Å². The van der Waals surface area contributed by atoms with Gasteiger partial charge in [-0.2, -0.15) is 5.26 Å². The van der Waals surface area contributed by atoms with Gasteiger partial charge in [0, 0.05) is 60.4 Å². The summed E-state index contributed by atoms with van der Waals surface area (Å²) in [7, 11) is 12.8. The van der Waals surface area contributed by atoms with Crippen molar-refractivity contribution in [2.24, 2.45) is 49.3 Å². The van der Waals surface area contributed by atoms with E-state index in [4.69, 9.17) is 11.7 Å². The van der Waals surface area contributed by atoms with Gasteiger partial charge >= 0.3 is 0 Å². The molecule has 0 unspecified atom stereocenters. The van der Waals surface area contributed by atoms with Gasteiger partial charge < -0.3 is 13.7 Å². The summed E-state index contributed by atoms with van der Waals surface area (Å²) in [5.41, 5.74) is 0.840. The molecular formula is C30H40N24S3. The Morgan fingerprint density at radius 3 is 1.58 bits per heavy atom. The van der Waals surface area contributed by atoms with E-state index in [0.717, 1.165) is 20.4 Å². The number of imidazole rings is 1. The van der Waals surface area contributed by atoms with Crippen LogP contribution in [0.2, 0.25) is 0 Å². The number of nitriles is 1. The van der Waals surface area contributed by atoms with Crippen molar-refractivity contribution in [1.82, 2.24) is 115 Å². The minimum Gasteiger partial charge on any atom is -0.324 e. The van der Waals surface area contributed by atoms with Gasteiger partial charge in [-0.3, -0.25) is 4.68 Å². The molecule has 57 heavy (non-hydrogen) atoms. The largest absolute Gasteiger partial charge is 0.324 e. The van der Waals surface area contributed by atoms with Crippen molar-refractivity contribution in [3.8, 4) is 18.4 Å². The molecule has 0 atom stereocenters. The normalized spacial score (nSPS) is 9.32. The van der Waals surface area contributed by atoms with Crippen LogP contribution >= 0.6 is 35.3 Å². The molecule has 0 saturated heterocycles. The highest BCUT2D eigenvalue weighted by molar-refractivity contribution is 7.99. The van der Waals surface area contributed by atoms with Crippen LogP contribution in [0.5, 0.6) is 0 Å². The molecule has 8 aromatic rings. The van der Waals surface area contributed by atoms with Crippen molar-refractivity contribution >= 4 is 35.3 Å². The van der Waals surface area contributed by atoms with Crippen LogP contribution < -0.4 is 0 Å². The lowest BCUT2D eigenvalue weighted by Crippen LogP contribution is -1.92. The Morgan fingerprint density at radius 2 is 1.26 bits per heavy atom. The van der Waals surface area contributed by atoms with Crippen LogP contribution in [0, 0.1) is 23.7 Å². The number of rotatable bonds is 4. The summed E-state index contributed by atoms with van der Waals surface area (Å²) in [6, 6.07) is 12.0. The summed E-state index contributed by atoms with van der Waals surface area (Å²) in [4.78, 5) is 4.95. The van der Waals surface area contributed by atoms with Gasteiger partial charge in [-0.15, -0.1) is 47.2 Å². The number of benzene rings is 1. The molecule has 7 aromatic heterocycles. The summed E-state index contributed by atoms with van der Waals surface area (Å²) in [5.74, 6) is 2.31. The summed E-state index contributed by atoms with van der Waals surface area (Å²) < 4.78 is 11.7. The molecule has 0 N–H and O–H groups in total. The van der Waals surface area contributed by atoms with E-state index in [9.17, 15) is 0 Å². The Labute approximate surface area is 340 Å². The Hall–Kier alpha value is -6.84.